The third-order valence-corrected chi connectivity index (χ3v) is 4.57. The van der Waals surface area contributed by atoms with E-state index in [1.165, 1.54) is 25.7 Å². The van der Waals surface area contributed by atoms with Crippen molar-refractivity contribution in [2.75, 3.05) is 11.9 Å². The quantitative estimate of drug-likeness (QED) is 0.884. The molecule has 0 radical (unpaired) electrons. The highest BCUT2D eigenvalue weighted by Crippen LogP contribution is 2.34. The first-order chi connectivity index (χ1) is 10.4. The van der Waals surface area contributed by atoms with Crippen molar-refractivity contribution in [3.05, 3.63) is 18.3 Å². The second kappa shape index (κ2) is 6.89. The summed E-state index contributed by atoms with van der Waals surface area (Å²) in [6.07, 6.45) is 7.81. The van der Waals surface area contributed by atoms with Crippen molar-refractivity contribution in [3.8, 4) is 0 Å². The Morgan fingerprint density at radius 1 is 1.38 bits per heavy atom. The van der Waals surface area contributed by atoms with Crippen molar-refractivity contribution < 1.29 is 0 Å². The number of aromatic nitrogens is 5. The minimum absolute atomic E-state index is 0.460. The van der Waals surface area contributed by atoms with Gasteiger partial charge in [-0.05, 0) is 53.6 Å². The first-order valence-corrected chi connectivity index (χ1v) is 8.34. The third kappa shape index (κ3) is 3.53. The SMILES string of the molecule is CCCNc1cc(Sc2nnnn2C2CCCC2)ccn1. The molecule has 1 saturated carbocycles. The number of nitrogens with one attached hydrogen (secondary N) is 1. The van der Waals surface area contributed by atoms with Crippen molar-refractivity contribution in [1.82, 2.24) is 25.2 Å². The molecule has 0 unspecified atom stereocenters. The standard InChI is InChI=1S/C14H20N6S/c1-2-8-15-13-10-12(7-9-16-13)21-14-17-18-19-20(14)11-5-3-4-6-11/h7,9-11H,2-6,8H2,1H3,(H,15,16). The van der Waals surface area contributed by atoms with Gasteiger partial charge in [0.05, 0.1) is 6.04 Å². The molecule has 7 heteroatoms. The molecule has 1 aliphatic rings. The lowest BCUT2D eigenvalue weighted by molar-refractivity contribution is 0.423. The van der Waals surface area contributed by atoms with Gasteiger partial charge < -0.3 is 5.32 Å². The molecule has 0 bridgehead atoms. The summed E-state index contributed by atoms with van der Waals surface area (Å²) in [5.41, 5.74) is 0. The molecule has 6 nitrogen and oxygen atoms in total. The molecule has 0 atom stereocenters. The molecule has 3 rings (SSSR count). The molecule has 1 N–H and O–H groups in total. The van der Waals surface area contributed by atoms with Gasteiger partial charge in [0, 0.05) is 17.6 Å². The average molecular weight is 304 g/mol. The van der Waals surface area contributed by atoms with E-state index >= 15 is 0 Å². The van der Waals surface area contributed by atoms with Crippen molar-refractivity contribution in [2.24, 2.45) is 0 Å². The molecule has 112 valence electrons. The molecule has 0 aromatic carbocycles. The summed E-state index contributed by atoms with van der Waals surface area (Å²) in [4.78, 5) is 5.43. The number of hydrogen-bond acceptors (Lipinski definition) is 6. The van der Waals surface area contributed by atoms with E-state index in [1.54, 1.807) is 11.8 Å². The first-order valence-electron chi connectivity index (χ1n) is 7.52. The number of nitrogens with zero attached hydrogens (tertiary/aromatic N) is 5. The van der Waals surface area contributed by atoms with E-state index < -0.39 is 0 Å². The van der Waals surface area contributed by atoms with Crippen LogP contribution in [0.5, 0.6) is 0 Å². The second-order valence-electron chi connectivity index (χ2n) is 5.25. The van der Waals surface area contributed by atoms with Gasteiger partial charge in [0.2, 0.25) is 5.16 Å². The van der Waals surface area contributed by atoms with Crippen LogP contribution in [0.25, 0.3) is 0 Å². The van der Waals surface area contributed by atoms with Crippen LogP contribution in [-0.2, 0) is 0 Å². The molecule has 1 aliphatic carbocycles. The van der Waals surface area contributed by atoms with Crippen LogP contribution in [-0.4, -0.2) is 31.7 Å². The van der Waals surface area contributed by atoms with E-state index in [0.717, 1.165) is 28.8 Å². The average Bonchev–Trinajstić information content (AvgIpc) is 3.16. The maximum Gasteiger partial charge on any atom is 0.214 e. The first kappa shape index (κ1) is 14.3. The molecule has 21 heavy (non-hydrogen) atoms. The van der Waals surface area contributed by atoms with Crippen molar-refractivity contribution >= 4 is 17.6 Å². The van der Waals surface area contributed by atoms with Gasteiger partial charge in [-0.1, -0.05) is 19.8 Å². The Labute approximate surface area is 128 Å². The minimum Gasteiger partial charge on any atom is -0.370 e. The Morgan fingerprint density at radius 2 is 2.24 bits per heavy atom. The molecule has 0 aliphatic heterocycles. The largest absolute Gasteiger partial charge is 0.370 e. The van der Waals surface area contributed by atoms with Crippen LogP contribution >= 0.6 is 11.8 Å². The summed E-state index contributed by atoms with van der Waals surface area (Å²) in [7, 11) is 0. The lowest BCUT2D eigenvalue weighted by Gasteiger charge is -2.11. The zero-order valence-corrected chi connectivity index (χ0v) is 13.0. The highest BCUT2D eigenvalue weighted by molar-refractivity contribution is 7.99. The predicted octanol–water partition coefficient (Wildman–Crippen LogP) is 3.16. The monoisotopic (exact) mass is 304 g/mol. The Morgan fingerprint density at radius 3 is 3.05 bits per heavy atom. The van der Waals surface area contributed by atoms with E-state index in [4.69, 9.17) is 0 Å². The van der Waals surface area contributed by atoms with Crippen molar-refractivity contribution in [1.29, 1.82) is 0 Å². The topological polar surface area (TPSA) is 68.5 Å². The molecule has 2 aromatic heterocycles. The fraction of sp³-hybridized carbons (Fsp3) is 0.571. The molecular weight excluding hydrogens is 284 g/mol. The molecule has 0 spiro atoms. The van der Waals surface area contributed by atoms with E-state index in [-0.39, 0.29) is 0 Å². The minimum atomic E-state index is 0.460. The van der Waals surface area contributed by atoms with Crippen molar-refractivity contribution in [2.45, 2.75) is 55.1 Å². The highest BCUT2D eigenvalue weighted by Gasteiger charge is 2.21. The summed E-state index contributed by atoms with van der Waals surface area (Å²) in [5.74, 6) is 0.904. The van der Waals surface area contributed by atoms with Crippen LogP contribution < -0.4 is 5.32 Å². The number of anilines is 1. The normalized spacial score (nSPS) is 15.5. The maximum absolute atomic E-state index is 4.32. The van der Waals surface area contributed by atoms with E-state index in [2.05, 4.69) is 32.7 Å². The van der Waals surface area contributed by atoms with Gasteiger partial charge in [-0.2, -0.15) is 0 Å². The van der Waals surface area contributed by atoms with Gasteiger partial charge in [0.1, 0.15) is 5.82 Å². The van der Waals surface area contributed by atoms with Crippen LogP contribution in [0.15, 0.2) is 28.4 Å². The van der Waals surface area contributed by atoms with Gasteiger partial charge in [0.25, 0.3) is 0 Å². The third-order valence-electron chi connectivity index (χ3n) is 3.63. The van der Waals surface area contributed by atoms with Crippen LogP contribution in [0.2, 0.25) is 0 Å². The Bertz CT molecular complexity index is 578. The summed E-state index contributed by atoms with van der Waals surface area (Å²) in [5, 5.41) is 16.4. The number of rotatable bonds is 6. The van der Waals surface area contributed by atoms with Crippen LogP contribution in [0.1, 0.15) is 45.1 Å². The summed E-state index contributed by atoms with van der Waals surface area (Å²) in [6.45, 7) is 3.07. The van der Waals surface area contributed by atoms with Gasteiger partial charge in [-0.25, -0.2) is 9.67 Å². The number of hydrogen-bond donors (Lipinski definition) is 1. The van der Waals surface area contributed by atoms with E-state index in [0.29, 0.717) is 6.04 Å². The molecule has 1 fully saturated rings. The molecule has 2 aromatic rings. The zero-order valence-electron chi connectivity index (χ0n) is 12.2. The Balaban J connectivity index is 1.73. The molecule has 2 heterocycles. The Kier molecular flexibility index (Phi) is 4.69. The Hall–Kier alpha value is -1.63. The molecule has 0 amide bonds. The van der Waals surface area contributed by atoms with Crippen molar-refractivity contribution in [3.63, 3.8) is 0 Å². The lowest BCUT2D eigenvalue weighted by Crippen LogP contribution is -2.08. The smallest absolute Gasteiger partial charge is 0.214 e. The second-order valence-corrected chi connectivity index (χ2v) is 6.29. The van der Waals surface area contributed by atoms with Crippen LogP contribution in [0.3, 0.4) is 0 Å². The zero-order chi connectivity index (χ0) is 14.5. The van der Waals surface area contributed by atoms with Gasteiger partial charge in [-0.3, -0.25) is 0 Å². The maximum atomic E-state index is 4.32. The fourth-order valence-corrected chi connectivity index (χ4v) is 3.43. The fourth-order valence-electron chi connectivity index (χ4n) is 2.56. The number of pyridine rings is 1. The highest BCUT2D eigenvalue weighted by atomic mass is 32.2. The van der Waals surface area contributed by atoms with Crippen LogP contribution in [0, 0.1) is 0 Å². The predicted molar refractivity (Wildman–Crippen MR) is 82.5 cm³/mol. The van der Waals surface area contributed by atoms with Gasteiger partial charge in [0.15, 0.2) is 0 Å². The molecular formula is C14H20N6S. The summed E-state index contributed by atoms with van der Waals surface area (Å²) in [6, 6.07) is 4.51. The summed E-state index contributed by atoms with van der Waals surface area (Å²) >= 11 is 1.60. The van der Waals surface area contributed by atoms with E-state index in [1.807, 2.05) is 23.0 Å². The van der Waals surface area contributed by atoms with Gasteiger partial charge >= 0.3 is 0 Å². The lowest BCUT2D eigenvalue weighted by atomic mass is 10.3. The summed E-state index contributed by atoms with van der Waals surface area (Å²) < 4.78 is 1.98. The van der Waals surface area contributed by atoms with E-state index in [9.17, 15) is 0 Å². The molecule has 0 saturated heterocycles. The van der Waals surface area contributed by atoms with Crippen LogP contribution in [0.4, 0.5) is 5.82 Å². The van der Waals surface area contributed by atoms with Gasteiger partial charge in [-0.15, -0.1) is 5.10 Å². The number of tetrazole rings is 1.